The number of carbonyl (C=O) groups is 2. The van der Waals surface area contributed by atoms with Gasteiger partial charge in [-0.1, -0.05) is 42.8 Å². The Bertz CT molecular complexity index is 1560. The van der Waals surface area contributed by atoms with Gasteiger partial charge in [-0.15, -0.1) is 0 Å². The average Bonchev–Trinajstić information content (AvgIpc) is 3.04. The summed E-state index contributed by atoms with van der Waals surface area (Å²) < 4.78 is 0. The van der Waals surface area contributed by atoms with Crippen LogP contribution < -0.4 is 27.4 Å². The van der Waals surface area contributed by atoms with Crippen molar-refractivity contribution in [3.05, 3.63) is 75.1 Å². The van der Waals surface area contributed by atoms with E-state index in [-0.39, 0.29) is 40.3 Å². The van der Waals surface area contributed by atoms with Crippen LogP contribution in [0.3, 0.4) is 0 Å². The van der Waals surface area contributed by atoms with Gasteiger partial charge in [0.2, 0.25) is 5.91 Å². The van der Waals surface area contributed by atoms with Gasteiger partial charge in [-0.3, -0.25) is 20.3 Å². The van der Waals surface area contributed by atoms with Crippen LogP contribution in [-0.4, -0.2) is 59.8 Å². The molecule has 0 aliphatic heterocycles. The van der Waals surface area contributed by atoms with Crippen molar-refractivity contribution in [3.63, 3.8) is 0 Å². The summed E-state index contributed by atoms with van der Waals surface area (Å²) in [4.78, 5) is 35.4. The number of rotatable bonds is 14. The molecule has 12 heteroatoms. The van der Waals surface area contributed by atoms with E-state index in [1.165, 1.54) is 40.7 Å². The van der Waals surface area contributed by atoms with Crippen LogP contribution in [0.2, 0.25) is 5.15 Å². The van der Waals surface area contributed by atoms with E-state index >= 15 is 0 Å². The first-order chi connectivity index (χ1) is 22.5. The lowest BCUT2D eigenvalue weighted by Crippen LogP contribution is -2.41. The quantitative estimate of drug-likeness (QED) is 0.0814. The molecule has 0 bridgehead atoms. The number of benzene rings is 2. The van der Waals surface area contributed by atoms with Crippen LogP contribution >= 0.6 is 11.6 Å². The zero-order valence-electron chi connectivity index (χ0n) is 27.7. The number of hydrogen-bond acceptors (Lipinski definition) is 8. The summed E-state index contributed by atoms with van der Waals surface area (Å²) in [6, 6.07) is 12.7. The van der Waals surface area contributed by atoms with Crippen molar-refractivity contribution in [2.75, 3.05) is 44.0 Å². The number of nitrogen functional groups attached to an aromatic ring is 2. The highest BCUT2D eigenvalue weighted by atomic mass is 35.5. The normalized spacial score (nSPS) is 13.1. The monoisotopic (exact) mass is 661 g/mol. The number of fused-ring (bicyclic) bond motifs is 1. The lowest BCUT2D eigenvalue weighted by molar-refractivity contribution is -0.119. The second kappa shape index (κ2) is 17.1. The van der Waals surface area contributed by atoms with Crippen molar-refractivity contribution in [3.8, 4) is 0 Å². The highest BCUT2D eigenvalue weighted by Crippen LogP contribution is 2.30. The molecule has 1 aromatic heterocycles. The van der Waals surface area contributed by atoms with Crippen LogP contribution in [0.1, 0.15) is 77.3 Å². The van der Waals surface area contributed by atoms with E-state index in [4.69, 9.17) is 28.5 Å². The Kier molecular flexibility index (Phi) is 12.9. The van der Waals surface area contributed by atoms with E-state index in [9.17, 15) is 9.59 Å². The smallest absolute Gasteiger partial charge is 0.280 e. The number of guanidine groups is 1. The summed E-state index contributed by atoms with van der Waals surface area (Å²) in [6.45, 7) is 3.59. The van der Waals surface area contributed by atoms with Crippen LogP contribution in [0.4, 0.5) is 17.3 Å². The number of nitrogens with two attached hydrogens (primary N) is 2. The molecule has 0 saturated carbocycles. The van der Waals surface area contributed by atoms with Gasteiger partial charge in [0.1, 0.15) is 0 Å². The highest BCUT2D eigenvalue weighted by Gasteiger charge is 2.21. The molecule has 47 heavy (non-hydrogen) atoms. The zero-order valence-corrected chi connectivity index (χ0v) is 28.5. The molecular formula is C35H48ClN9O2. The molecule has 1 aliphatic rings. The lowest BCUT2D eigenvalue weighted by atomic mass is 9.81. The van der Waals surface area contributed by atoms with Gasteiger partial charge < -0.3 is 27.0 Å². The fraction of sp³-hybridized carbons (Fsp3) is 0.457. The maximum Gasteiger partial charge on any atom is 0.280 e. The number of aromatic nitrogens is 2. The topological polar surface area (TPSA) is 175 Å². The Morgan fingerprint density at radius 3 is 2.32 bits per heavy atom. The van der Waals surface area contributed by atoms with E-state index < -0.39 is 5.91 Å². The SMILES string of the molecule is C[C@@H](Cc1ccc(CCCCNC(=N)NC(=O)c2nc(Cl)c(N)nc2N)c2c1CCCC2)C(=O)Nc1ccc(CCCN(C)C)cc1. The minimum absolute atomic E-state index is 0.0434. The molecule has 0 radical (unpaired) electrons. The van der Waals surface area contributed by atoms with Crippen LogP contribution in [0.15, 0.2) is 36.4 Å². The predicted molar refractivity (Wildman–Crippen MR) is 190 cm³/mol. The second-order valence-corrected chi connectivity index (χ2v) is 13.0. The van der Waals surface area contributed by atoms with Crippen molar-refractivity contribution in [2.45, 2.75) is 71.1 Å². The number of nitrogens with zero attached hydrogens (tertiary/aromatic N) is 3. The third-order valence-electron chi connectivity index (χ3n) is 8.53. The third-order valence-corrected chi connectivity index (χ3v) is 8.81. The summed E-state index contributed by atoms with van der Waals surface area (Å²) in [6.07, 6.45) is 10.00. The van der Waals surface area contributed by atoms with Crippen molar-refractivity contribution in [1.82, 2.24) is 25.5 Å². The van der Waals surface area contributed by atoms with E-state index in [0.29, 0.717) is 13.0 Å². The summed E-state index contributed by atoms with van der Waals surface area (Å²) >= 11 is 5.85. The summed E-state index contributed by atoms with van der Waals surface area (Å²) in [5.41, 5.74) is 18.7. The molecule has 0 unspecified atom stereocenters. The predicted octanol–water partition coefficient (Wildman–Crippen LogP) is 4.76. The number of unbranched alkanes of at least 4 members (excludes halogenated alkanes) is 1. The van der Waals surface area contributed by atoms with Gasteiger partial charge >= 0.3 is 0 Å². The number of aryl methyl sites for hydroxylation is 2. The summed E-state index contributed by atoms with van der Waals surface area (Å²) in [5, 5.41) is 16.4. The molecule has 8 N–H and O–H groups in total. The third kappa shape index (κ3) is 10.4. The molecule has 0 saturated heterocycles. The summed E-state index contributed by atoms with van der Waals surface area (Å²) in [5.74, 6) is -1.16. The first-order valence-electron chi connectivity index (χ1n) is 16.4. The number of halogens is 1. The van der Waals surface area contributed by atoms with Gasteiger partial charge in [0.15, 0.2) is 28.4 Å². The number of carbonyl (C=O) groups excluding carboxylic acids is 2. The minimum atomic E-state index is -0.687. The van der Waals surface area contributed by atoms with Gasteiger partial charge in [0.05, 0.1) is 0 Å². The zero-order chi connectivity index (χ0) is 33.9. The molecule has 0 fully saturated rings. The van der Waals surface area contributed by atoms with E-state index in [0.717, 1.165) is 57.2 Å². The Labute approximate surface area is 282 Å². The number of amides is 2. The minimum Gasteiger partial charge on any atom is -0.382 e. The first-order valence-corrected chi connectivity index (χ1v) is 16.8. The number of anilines is 3. The van der Waals surface area contributed by atoms with Gasteiger partial charge in [-0.25, -0.2) is 9.97 Å². The van der Waals surface area contributed by atoms with Crippen LogP contribution in [0, 0.1) is 11.3 Å². The van der Waals surface area contributed by atoms with Gasteiger partial charge in [-0.2, -0.15) is 0 Å². The molecule has 2 amide bonds. The van der Waals surface area contributed by atoms with Crippen molar-refractivity contribution in [2.24, 2.45) is 5.92 Å². The first kappa shape index (κ1) is 35.6. The van der Waals surface area contributed by atoms with Gasteiger partial charge in [-0.05, 0) is 125 Å². The standard InChI is InChI=1S/C35H48ClN9O2/c1-22(33(46)41-26-17-13-23(14-18-26)9-8-20-45(2)3)21-25-16-15-24(27-11-4-5-12-28(25)27)10-6-7-19-40-35(39)44-34(47)29-31(37)43-32(38)30(36)42-29/h13-18,22H,4-12,19-21H2,1-3H3,(H,41,46)(H4,37,38,43)(H3,39,40,44,47)/t22-/m0/s1. The molecule has 252 valence electrons. The second-order valence-electron chi connectivity index (χ2n) is 12.6. The molecular weight excluding hydrogens is 614 g/mol. The molecule has 11 nitrogen and oxygen atoms in total. The van der Waals surface area contributed by atoms with Crippen LogP contribution in [-0.2, 0) is 36.9 Å². The fourth-order valence-electron chi connectivity index (χ4n) is 5.96. The molecule has 1 aliphatic carbocycles. The van der Waals surface area contributed by atoms with Crippen molar-refractivity contribution in [1.29, 1.82) is 5.41 Å². The molecule has 1 atom stereocenters. The Hall–Kier alpha value is -4.22. The Morgan fingerprint density at radius 2 is 1.62 bits per heavy atom. The summed E-state index contributed by atoms with van der Waals surface area (Å²) in [7, 11) is 4.17. The Balaban J connectivity index is 1.24. The van der Waals surface area contributed by atoms with E-state index in [1.807, 2.05) is 19.1 Å². The average molecular weight is 662 g/mol. The Morgan fingerprint density at radius 1 is 0.936 bits per heavy atom. The molecule has 4 rings (SSSR count). The molecule has 1 heterocycles. The van der Waals surface area contributed by atoms with E-state index in [2.05, 4.69) is 69.2 Å². The fourth-order valence-corrected chi connectivity index (χ4v) is 6.09. The van der Waals surface area contributed by atoms with Crippen LogP contribution in [0.5, 0.6) is 0 Å². The maximum atomic E-state index is 13.1. The largest absolute Gasteiger partial charge is 0.382 e. The highest BCUT2D eigenvalue weighted by molar-refractivity contribution is 6.31. The van der Waals surface area contributed by atoms with Crippen molar-refractivity contribution < 1.29 is 9.59 Å². The van der Waals surface area contributed by atoms with E-state index in [1.54, 1.807) is 0 Å². The maximum absolute atomic E-state index is 13.1. The number of nitrogens with one attached hydrogen (secondary N) is 4. The molecule has 2 aromatic carbocycles. The van der Waals surface area contributed by atoms with Gasteiger partial charge in [0, 0.05) is 18.2 Å². The van der Waals surface area contributed by atoms with Crippen molar-refractivity contribution >= 4 is 46.7 Å². The number of hydrogen-bond donors (Lipinski definition) is 6. The lowest BCUT2D eigenvalue weighted by Gasteiger charge is -2.24. The molecule has 3 aromatic rings. The van der Waals surface area contributed by atoms with Gasteiger partial charge in [0.25, 0.3) is 5.91 Å². The molecule has 0 spiro atoms. The van der Waals surface area contributed by atoms with Crippen LogP contribution in [0.25, 0.3) is 0 Å².